The summed E-state index contributed by atoms with van der Waals surface area (Å²) >= 11 is 0. The molecule has 32 heavy (non-hydrogen) atoms. The SMILES string of the molecule is CC[PH](CC)(C1CCCC1)[C@H]1CCC[C@H]1C(C)P(c1ccccc1C)c1ccccc1C. The summed E-state index contributed by atoms with van der Waals surface area (Å²) in [6.45, 7) is 12.5. The van der Waals surface area contributed by atoms with Crippen LogP contribution in [0.15, 0.2) is 48.5 Å². The quantitative estimate of drug-likeness (QED) is 0.344. The Morgan fingerprint density at radius 1 is 0.781 bits per heavy atom. The predicted molar refractivity (Wildman–Crippen MR) is 151 cm³/mol. The molecule has 0 saturated heterocycles. The maximum atomic E-state index is 2.66. The van der Waals surface area contributed by atoms with Crippen LogP contribution < -0.4 is 10.6 Å². The molecule has 176 valence electrons. The van der Waals surface area contributed by atoms with E-state index < -0.39 is 7.26 Å². The summed E-state index contributed by atoms with van der Waals surface area (Å²) in [7, 11) is -1.61. The van der Waals surface area contributed by atoms with E-state index in [1.54, 1.807) is 23.5 Å². The fraction of sp³-hybridized carbons (Fsp3) is 0.600. The van der Waals surface area contributed by atoms with Crippen LogP contribution in [-0.2, 0) is 0 Å². The second-order valence-corrected chi connectivity index (χ2v) is 18.8. The molecule has 2 saturated carbocycles. The zero-order valence-corrected chi connectivity index (χ0v) is 23.1. The van der Waals surface area contributed by atoms with Crippen LogP contribution in [0, 0.1) is 19.8 Å². The first-order chi connectivity index (χ1) is 15.5. The van der Waals surface area contributed by atoms with Gasteiger partial charge in [-0.1, -0.05) is 0 Å². The van der Waals surface area contributed by atoms with Gasteiger partial charge in [0.1, 0.15) is 0 Å². The minimum absolute atomic E-state index is 0.339. The molecule has 2 aliphatic carbocycles. The Labute approximate surface area is 200 Å². The minimum atomic E-state index is -1.27. The second kappa shape index (κ2) is 10.7. The van der Waals surface area contributed by atoms with Gasteiger partial charge in [0.2, 0.25) is 0 Å². The van der Waals surface area contributed by atoms with E-state index in [4.69, 9.17) is 0 Å². The van der Waals surface area contributed by atoms with Crippen molar-refractivity contribution in [1.29, 1.82) is 0 Å². The molecule has 4 rings (SSSR count). The summed E-state index contributed by atoms with van der Waals surface area (Å²) in [6.07, 6.45) is 13.6. The summed E-state index contributed by atoms with van der Waals surface area (Å²) in [6, 6.07) is 18.6. The Hall–Kier alpha value is -0.700. The molecule has 2 aliphatic rings. The van der Waals surface area contributed by atoms with E-state index in [9.17, 15) is 0 Å². The van der Waals surface area contributed by atoms with Crippen molar-refractivity contribution in [1.82, 2.24) is 0 Å². The second-order valence-electron chi connectivity index (χ2n) is 10.8. The Morgan fingerprint density at radius 2 is 1.31 bits per heavy atom. The molecule has 0 nitrogen and oxygen atoms in total. The number of hydrogen-bond acceptors (Lipinski definition) is 0. The van der Waals surface area contributed by atoms with Gasteiger partial charge in [-0.2, -0.15) is 0 Å². The standard InChI is InChI=1S/C30H46P2/c1-6-32(7-2,26-17-10-11-18-26)30-22-14-19-27(30)25(5)31(28-20-12-8-15-23(28)3)29-21-13-9-16-24(29)4/h8-9,12-13,15-16,20-21,25-27,30,32H,6-7,10-11,14,17-19,22H2,1-5H3/t25?,27-,30-/m0/s1. The van der Waals surface area contributed by atoms with Gasteiger partial charge in [-0.3, -0.25) is 0 Å². The number of aryl methyl sites for hydroxylation is 2. The molecule has 0 N–H and O–H groups in total. The van der Waals surface area contributed by atoms with E-state index in [0.717, 1.165) is 22.9 Å². The van der Waals surface area contributed by atoms with Crippen LogP contribution in [-0.4, -0.2) is 29.3 Å². The van der Waals surface area contributed by atoms with Crippen LogP contribution >= 0.6 is 15.2 Å². The molecular formula is C30H46P2. The van der Waals surface area contributed by atoms with Gasteiger partial charge < -0.3 is 0 Å². The Balaban J connectivity index is 1.75. The first-order valence-electron chi connectivity index (χ1n) is 13.4. The maximum absolute atomic E-state index is 2.66. The molecule has 2 aromatic rings. The number of benzene rings is 2. The van der Waals surface area contributed by atoms with Crippen LogP contribution in [0.5, 0.6) is 0 Å². The van der Waals surface area contributed by atoms with Crippen molar-refractivity contribution < 1.29 is 0 Å². The summed E-state index contributed by atoms with van der Waals surface area (Å²) in [5.74, 6) is 0.924. The molecule has 0 radical (unpaired) electrons. The monoisotopic (exact) mass is 468 g/mol. The molecule has 0 aliphatic heterocycles. The molecule has 0 bridgehead atoms. The molecule has 0 spiro atoms. The van der Waals surface area contributed by atoms with Crippen molar-refractivity contribution in [3.63, 3.8) is 0 Å². The zero-order chi connectivity index (χ0) is 22.7. The Morgan fingerprint density at radius 3 is 1.81 bits per heavy atom. The molecule has 2 fully saturated rings. The topological polar surface area (TPSA) is 0 Å². The van der Waals surface area contributed by atoms with Gasteiger partial charge in [-0.15, -0.1) is 0 Å². The Kier molecular flexibility index (Phi) is 8.17. The summed E-state index contributed by atoms with van der Waals surface area (Å²) < 4.78 is 0. The average Bonchev–Trinajstić information content (AvgIpc) is 3.51. The molecule has 2 heteroatoms. The molecule has 0 amide bonds. The van der Waals surface area contributed by atoms with Crippen molar-refractivity contribution in [3.05, 3.63) is 59.7 Å². The third-order valence-corrected chi connectivity index (χ3v) is 19.8. The first kappa shape index (κ1) is 24.4. The van der Waals surface area contributed by atoms with Crippen molar-refractivity contribution >= 4 is 25.8 Å². The van der Waals surface area contributed by atoms with E-state index >= 15 is 0 Å². The van der Waals surface area contributed by atoms with Crippen molar-refractivity contribution in [2.24, 2.45) is 5.92 Å². The van der Waals surface area contributed by atoms with Crippen molar-refractivity contribution in [3.8, 4) is 0 Å². The van der Waals surface area contributed by atoms with E-state index in [0.29, 0.717) is 0 Å². The van der Waals surface area contributed by atoms with E-state index in [1.807, 2.05) is 0 Å². The van der Waals surface area contributed by atoms with Gasteiger partial charge in [0.05, 0.1) is 0 Å². The number of rotatable bonds is 8. The normalized spacial score (nSPS) is 23.7. The third kappa shape index (κ3) is 4.49. The van der Waals surface area contributed by atoms with Crippen LogP contribution in [0.2, 0.25) is 0 Å². The van der Waals surface area contributed by atoms with Gasteiger partial charge in [0.25, 0.3) is 0 Å². The van der Waals surface area contributed by atoms with Gasteiger partial charge in [0.15, 0.2) is 0 Å². The summed E-state index contributed by atoms with van der Waals surface area (Å²) in [5, 5.41) is 3.27. The summed E-state index contributed by atoms with van der Waals surface area (Å²) in [4.78, 5) is 0. The zero-order valence-electron chi connectivity index (χ0n) is 21.2. The fourth-order valence-electron chi connectivity index (χ4n) is 7.86. The third-order valence-electron chi connectivity index (χ3n) is 9.57. The molecular weight excluding hydrogens is 422 g/mol. The fourth-order valence-corrected chi connectivity index (χ4v) is 18.3. The molecule has 2 aromatic carbocycles. The first-order valence-corrected chi connectivity index (χ1v) is 17.4. The van der Waals surface area contributed by atoms with E-state index in [1.165, 1.54) is 55.6 Å². The summed E-state index contributed by atoms with van der Waals surface area (Å²) in [5.41, 5.74) is 5.92. The Bertz CT molecular complexity index is 832. The van der Waals surface area contributed by atoms with Crippen molar-refractivity contribution in [2.75, 3.05) is 12.3 Å². The predicted octanol–water partition coefficient (Wildman–Crippen LogP) is 8.03. The van der Waals surface area contributed by atoms with Gasteiger partial charge >= 0.3 is 200 Å². The van der Waals surface area contributed by atoms with Gasteiger partial charge in [-0.25, -0.2) is 0 Å². The molecule has 0 heterocycles. The van der Waals surface area contributed by atoms with Crippen LogP contribution in [0.4, 0.5) is 0 Å². The van der Waals surface area contributed by atoms with Gasteiger partial charge in [-0.05, 0) is 0 Å². The molecule has 3 atom stereocenters. The van der Waals surface area contributed by atoms with Crippen molar-refractivity contribution in [2.45, 2.75) is 96.5 Å². The van der Waals surface area contributed by atoms with Crippen LogP contribution in [0.3, 0.4) is 0 Å². The van der Waals surface area contributed by atoms with E-state index in [-0.39, 0.29) is 7.92 Å². The average molecular weight is 469 g/mol. The van der Waals surface area contributed by atoms with E-state index in [2.05, 4.69) is 83.1 Å². The molecule has 1 unspecified atom stereocenters. The molecule has 0 aromatic heterocycles. The number of hydrogen-bond donors (Lipinski definition) is 0. The van der Waals surface area contributed by atoms with Crippen LogP contribution in [0.1, 0.15) is 76.8 Å². The van der Waals surface area contributed by atoms with Crippen LogP contribution in [0.25, 0.3) is 0 Å². The van der Waals surface area contributed by atoms with Gasteiger partial charge in [0, 0.05) is 0 Å².